The van der Waals surface area contributed by atoms with Crippen molar-refractivity contribution in [3.8, 4) is 0 Å². The molecule has 0 aliphatic carbocycles. The van der Waals surface area contributed by atoms with Crippen LogP contribution < -0.4 is 5.32 Å². The number of thiophene rings is 1. The highest BCUT2D eigenvalue weighted by Gasteiger charge is 2.15. The zero-order valence-corrected chi connectivity index (χ0v) is 15.2. The zero-order chi connectivity index (χ0) is 18.4. The summed E-state index contributed by atoms with van der Waals surface area (Å²) in [5.74, 6) is -0.494. The summed E-state index contributed by atoms with van der Waals surface area (Å²) in [6, 6.07) is 20.7. The van der Waals surface area contributed by atoms with Gasteiger partial charge in [0.15, 0.2) is 0 Å². The first-order chi connectivity index (χ1) is 12.6. The van der Waals surface area contributed by atoms with Crippen LogP contribution in [-0.4, -0.2) is 11.9 Å². The second-order valence-corrected chi connectivity index (χ2v) is 7.11. The molecule has 0 atom stereocenters. The molecule has 2 aromatic carbocycles. The molecule has 0 radical (unpaired) electrons. The van der Waals surface area contributed by atoms with Gasteiger partial charge in [-0.25, -0.2) is 4.79 Å². The van der Waals surface area contributed by atoms with Gasteiger partial charge in [0.2, 0.25) is 5.91 Å². The van der Waals surface area contributed by atoms with Gasteiger partial charge in [0.25, 0.3) is 0 Å². The Hall–Kier alpha value is -2.92. The quantitative estimate of drug-likeness (QED) is 0.650. The number of hydrogen-bond acceptors (Lipinski definition) is 4. The van der Waals surface area contributed by atoms with E-state index in [0.717, 1.165) is 16.0 Å². The summed E-state index contributed by atoms with van der Waals surface area (Å²) < 4.78 is 5.34. The summed E-state index contributed by atoms with van der Waals surface area (Å²) in [4.78, 5) is 25.8. The van der Waals surface area contributed by atoms with Crippen molar-refractivity contribution in [2.45, 2.75) is 20.0 Å². The standard InChI is InChI=1S/C21H19NO3S/c1-15-18(22-20(23)12-16-8-4-2-5-9-16)13-19(26-15)21(24)25-14-17-10-6-3-7-11-17/h2-11,13H,12,14H2,1H3,(H,22,23). The van der Waals surface area contributed by atoms with Crippen LogP contribution >= 0.6 is 11.3 Å². The monoisotopic (exact) mass is 365 g/mol. The van der Waals surface area contributed by atoms with Gasteiger partial charge in [-0.05, 0) is 24.1 Å². The van der Waals surface area contributed by atoms with Crippen molar-refractivity contribution >= 4 is 28.9 Å². The van der Waals surface area contributed by atoms with Crippen molar-refractivity contribution in [3.05, 3.63) is 87.6 Å². The second kappa shape index (κ2) is 8.45. The van der Waals surface area contributed by atoms with Crippen LogP contribution in [-0.2, 0) is 22.6 Å². The Morgan fingerprint density at radius 3 is 2.23 bits per heavy atom. The molecule has 1 heterocycles. The Labute approximate surface area is 156 Å². The van der Waals surface area contributed by atoms with Crippen molar-refractivity contribution in [2.24, 2.45) is 0 Å². The number of anilines is 1. The van der Waals surface area contributed by atoms with Gasteiger partial charge in [0.1, 0.15) is 11.5 Å². The van der Waals surface area contributed by atoms with Gasteiger partial charge >= 0.3 is 5.97 Å². The largest absolute Gasteiger partial charge is 0.457 e. The fraction of sp³-hybridized carbons (Fsp3) is 0.143. The molecule has 0 fully saturated rings. The fourth-order valence-electron chi connectivity index (χ4n) is 2.48. The molecule has 0 bridgehead atoms. The van der Waals surface area contributed by atoms with E-state index in [9.17, 15) is 9.59 Å². The molecule has 1 N–H and O–H groups in total. The molecule has 0 aliphatic rings. The topological polar surface area (TPSA) is 55.4 Å². The van der Waals surface area contributed by atoms with Crippen LogP contribution in [0.25, 0.3) is 0 Å². The van der Waals surface area contributed by atoms with Crippen LogP contribution in [0, 0.1) is 6.92 Å². The van der Waals surface area contributed by atoms with Crippen LogP contribution in [0.2, 0.25) is 0 Å². The molecule has 0 saturated heterocycles. The highest BCUT2D eigenvalue weighted by atomic mass is 32.1. The fourth-order valence-corrected chi connectivity index (χ4v) is 3.35. The number of benzene rings is 2. The molecule has 1 amide bonds. The van der Waals surface area contributed by atoms with E-state index in [1.807, 2.05) is 67.6 Å². The van der Waals surface area contributed by atoms with Crippen LogP contribution in [0.3, 0.4) is 0 Å². The lowest BCUT2D eigenvalue weighted by Crippen LogP contribution is -2.14. The number of hydrogen-bond donors (Lipinski definition) is 1. The lowest BCUT2D eigenvalue weighted by molar-refractivity contribution is -0.115. The Bertz CT molecular complexity index is 888. The number of aryl methyl sites for hydroxylation is 1. The summed E-state index contributed by atoms with van der Waals surface area (Å²) in [6.07, 6.45) is 0.296. The third kappa shape index (κ3) is 4.80. The van der Waals surface area contributed by atoms with E-state index >= 15 is 0 Å². The molecule has 0 aliphatic heterocycles. The van der Waals surface area contributed by atoms with Gasteiger partial charge < -0.3 is 10.1 Å². The SMILES string of the molecule is Cc1sc(C(=O)OCc2ccccc2)cc1NC(=O)Cc1ccccc1. The van der Waals surface area contributed by atoms with Crippen molar-refractivity contribution in [1.29, 1.82) is 0 Å². The van der Waals surface area contributed by atoms with Gasteiger partial charge in [-0.15, -0.1) is 11.3 Å². The van der Waals surface area contributed by atoms with E-state index in [0.29, 0.717) is 17.0 Å². The van der Waals surface area contributed by atoms with Crippen molar-refractivity contribution in [2.75, 3.05) is 5.32 Å². The second-order valence-electron chi connectivity index (χ2n) is 5.85. The molecule has 0 spiro atoms. The van der Waals surface area contributed by atoms with E-state index in [-0.39, 0.29) is 18.5 Å². The Morgan fingerprint density at radius 2 is 1.58 bits per heavy atom. The van der Waals surface area contributed by atoms with Crippen molar-refractivity contribution in [3.63, 3.8) is 0 Å². The maximum Gasteiger partial charge on any atom is 0.348 e. The van der Waals surface area contributed by atoms with E-state index < -0.39 is 0 Å². The number of nitrogens with one attached hydrogen (secondary N) is 1. The first kappa shape index (κ1) is 17.9. The van der Waals surface area contributed by atoms with Gasteiger partial charge in [0.05, 0.1) is 12.1 Å². The van der Waals surface area contributed by atoms with Crippen molar-refractivity contribution < 1.29 is 14.3 Å². The van der Waals surface area contributed by atoms with Gasteiger partial charge in [-0.3, -0.25) is 4.79 Å². The van der Waals surface area contributed by atoms with E-state index in [2.05, 4.69) is 5.32 Å². The Balaban J connectivity index is 1.59. The van der Waals surface area contributed by atoms with Crippen LogP contribution in [0.4, 0.5) is 5.69 Å². The predicted octanol–water partition coefficient (Wildman–Crippen LogP) is 4.59. The average Bonchev–Trinajstić information content (AvgIpc) is 3.02. The van der Waals surface area contributed by atoms with E-state index in [1.54, 1.807) is 6.07 Å². The Kier molecular flexibility index (Phi) is 5.81. The lowest BCUT2D eigenvalue weighted by Gasteiger charge is -2.04. The van der Waals surface area contributed by atoms with Crippen LogP contribution in [0.15, 0.2) is 66.7 Å². The summed E-state index contributed by atoms with van der Waals surface area (Å²) in [6.45, 7) is 2.10. The van der Waals surface area contributed by atoms with Gasteiger partial charge in [-0.1, -0.05) is 60.7 Å². The first-order valence-electron chi connectivity index (χ1n) is 8.27. The molecule has 1 aromatic heterocycles. The third-order valence-electron chi connectivity index (χ3n) is 3.81. The molecule has 0 saturated carbocycles. The molecular weight excluding hydrogens is 346 g/mol. The molecular formula is C21H19NO3S. The third-order valence-corrected chi connectivity index (χ3v) is 4.84. The van der Waals surface area contributed by atoms with E-state index in [4.69, 9.17) is 4.74 Å². The normalized spacial score (nSPS) is 10.3. The highest BCUT2D eigenvalue weighted by Crippen LogP contribution is 2.27. The minimum absolute atomic E-state index is 0.110. The number of rotatable bonds is 6. The maximum atomic E-state index is 12.2. The number of carbonyl (C=O) groups excluding carboxylic acids is 2. The Morgan fingerprint density at radius 1 is 0.962 bits per heavy atom. The van der Waals surface area contributed by atoms with Gasteiger partial charge in [0, 0.05) is 4.88 Å². The summed E-state index contributed by atoms with van der Waals surface area (Å²) >= 11 is 1.32. The highest BCUT2D eigenvalue weighted by molar-refractivity contribution is 7.14. The number of ether oxygens (including phenoxy) is 1. The number of carbonyl (C=O) groups is 2. The van der Waals surface area contributed by atoms with Crippen molar-refractivity contribution in [1.82, 2.24) is 0 Å². The summed E-state index contributed by atoms with van der Waals surface area (Å²) in [5, 5.41) is 2.87. The first-order valence-corrected chi connectivity index (χ1v) is 9.09. The zero-order valence-electron chi connectivity index (χ0n) is 14.4. The summed E-state index contributed by atoms with van der Waals surface area (Å²) in [5.41, 5.74) is 2.54. The van der Waals surface area contributed by atoms with Gasteiger partial charge in [-0.2, -0.15) is 0 Å². The molecule has 3 rings (SSSR count). The molecule has 3 aromatic rings. The number of amides is 1. The predicted molar refractivity (Wildman–Crippen MR) is 103 cm³/mol. The van der Waals surface area contributed by atoms with Crippen LogP contribution in [0.5, 0.6) is 0 Å². The molecule has 5 heteroatoms. The molecule has 132 valence electrons. The maximum absolute atomic E-state index is 12.2. The molecule has 0 unspecified atom stereocenters. The smallest absolute Gasteiger partial charge is 0.348 e. The van der Waals surface area contributed by atoms with E-state index in [1.165, 1.54) is 11.3 Å². The number of esters is 1. The summed E-state index contributed by atoms with van der Waals surface area (Å²) in [7, 11) is 0. The molecule has 26 heavy (non-hydrogen) atoms. The molecule has 4 nitrogen and oxygen atoms in total. The minimum atomic E-state index is -0.384. The minimum Gasteiger partial charge on any atom is -0.457 e. The average molecular weight is 365 g/mol. The van der Waals surface area contributed by atoms with Crippen LogP contribution in [0.1, 0.15) is 25.7 Å². The lowest BCUT2D eigenvalue weighted by atomic mass is 10.1.